The molecule has 1 aliphatic rings. The zero-order chi connectivity index (χ0) is 10.1. The van der Waals surface area contributed by atoms with Gasteiger partial charge in [0.1, 0.15) is 12.1 Å². The Hall–Kier alpha value is -1.52. The van der Waals surface area contributed by atoms with Gasteiger partial charge in [-0.2, -0.15) is 0 Å². The first kappa shape index (κ1) is 9.05. The van der Waals surface area contributed by atoms with Crippen LogP contribution in [0.2, 0.25) is 0 Å². The first-order valence-corrected chi connectivity index (χ1v) is 4.55. The molecule has 0 aromatic carbocycles. The lowest BCUT2D eigenvalue weighted by atomic mass is 10.1. The van der Waals surface area contributed by atoms with E-state index in [4.69, 9.17) is 0 Å². The lowest BCUT2D eigenvalue weighted by Crippen LogP contribution is -2.02. The van der Waals surface area contributed by atoms with Crippen molar-refractivity contribution >= 4 is 12.1 Å². The minimum absolute atomic E-state index is 0.00287. The highest BCUT2D eigenvalue weighted by atomic mass is 16.1. The molecule has 2 unspecified atom stereocenters. The predicted octanol–water partition coefficient (Wildman–Crippen LogP) is 0.0767. The number of aldehydes is 1. The molecule has 0 spiro atoms. The zero-order valence-corrected chi connectivity index (χ0v) is 7.88. The van der Waals surface area contributed by atoms with Gasteiger partial charge in [-0.25, -0.2) is 0 Å². The number of aromatic nitrogens is 3. The van der Waals surface area contributed by atoms with E-state index in [1.165, 1.54) is 0 Å². The molecule has 0 bridgehead atoms. The van der Waals surface area contributed by atoms with Crippen LogP contribution in [0.1, 0.15) is 24.5 Å². The molecule has 1 aromatic heterocycles. The molecule has 0 amide bonds. The molecule has 0 radical (unpaired) electrons. The van der Waals surface area contributed by atoms with E-state index >= 15 is 0 Å². The van der Waals surface area contributed by atoms with E-state index in [1.807, 2.05) is 6.20 Å². The monoisotopic (exact) mass is 193 g/mol. The summed E-state index contributed by atoms with van der Waals surface area (Å²) in [5, 5.41) is 7.75. The predicted molar refractivity (Wildman–Crippen MR) is 47.5 cm³/mol. The van der Waals surface area contributed by atoms with Gasteiger partial charge in [-0.1, -0.05) is 5.21 Å². The number of aryl methyl sites for hydroxylation is 1. The second-order valence-electron chi connectivity index (χ2n) is 3.60. The topological polar surface area (TPSA) is 64.8 Å². The van der Waals surface area contributed by atoms with E-state index in [1.54, 1.807) is 11.7 Å². The van der Waals surface area contributed by atoms with Gasteiger partial charge in [0.25, 0.3) is 0 Å². The number of hydrogen-bond donors (Lipinski definition) is 0. The summed E-state index contributed by atoms with van der Waals surface area (Å²) < 4.78 is 1.62. The van der Waals surface area contributed by atoms with Crippen LogP contribution < -0.4 is 0 Å². The van der Waals surface area contributed by atoms with Crippen molar-refractivity contribution in [1.29, 1.82) is 0 Å². The molecule has 74 valence electrons. The highest BCUT2D eigenvalue weighted by Gasteiger charge is 2.44. The van der Waals surface area contributed by atoms with E-state index in [-0.39, 0.29) is 24.0 Å². The van der Waals surface area contributed by atoms with Crippen molar-refractivity contribution in [3.05, 3.63) is 11.9 Å². The number of carbonyl (C=O) groups excluding carboxylic acids is 2. The molecule has 5 heteroatoms. The molecule has 1 fully saturated rings. The van der Waals surface area contributed by atoms with E-state index in [9.17, 15) is 9.59 Å². The number of ketones is 1. The van der Waals surface area contributed by atoms with Crippen molar-refractivity contribution in [2.24, 2.45) is 13.0 Å². The summed E-state index contributed by atoms with van der Waals surface area (Å²) in [7, 11) is 1.79. The number of hydrogen-bond acceptors (Lipinski definition) is 4. The smallest absolute Gasteiger partial charge is 0.143 e. The fraction of sp³-hybridized carbons (Fsp3) is 0.556. The van der Waals surface area contributed by atoms with E-state index in [0.29, 0.717) is 6.29 Å². The Labute approximate surface area is 81.1 Å². The largest absolute Gasteiger partial charge is 0.303 e. The molecule has 0 aliphatic heterocycles. The maximum absolute atomic E-state index is 11.3. The summed E-state index contributed by atoms with van der Waals surface area (Å²) in [5.74, 6) is 0.212. The molecule has 0 N–H and O–H groups in total. The zero-order valence-electron chi connectivity index (χ0n) is 7.88. The van der Waals surface area contributed by atoms with Gasteiger partial charge in [-0.15, -0.1) is 5.10 Å². The lowest BCUT2D eigenvalue weighted by molar-refractivity contribution is -0.123. The normalized spacial score (nSPS) is 24.6. The van der Waals surface area contributed by atoms with Crippen molar-refractivity contribution in [1.82, 2.24) is 15.0 Å². The number of Topliss-reactive ketones (excluding diaryl/α,β-unsaturated/α-hetero) is 1. The van der Waals surface area contributed by atoms with Gasteiger partial charge in [-0.05, 0) is 6.42 Å². The highest BCUT2D eigenvalue weighted by molar-refractivity contribution is 5.93. The van der Waals surface area contributed by atoms with Crippen LogP contribution in [0.5, 0.6) is 0 Å². The summed E-state index contributed by atoms with van der Waals surface area (Å²) in [6.45, 7) is 0. The maximum atomic E-state index is 11.3. The van der Waals surface area contributed by atoms with Crippen molar-refractivity contribution in [2.75, 3.05) is 0 Å². The SMILES string of the molecule is Cn1cc(C2CC2C(=O)CC=O)nn1. The Morgan fingerprint density at radius 3 is 3.14 bits per heavy atom. The molecule has 2 rings (SSSR count). The second-order valence-corrected chi connectivity index (χ2v) is 3.60. The Bertz CT molecular complexity index is 372. The fourth-order valence-electron chi connectivity index (χ4n) is 1.65. The molecule has 2 atom stereocenters. The van der Waals surface area contributed by atoms with Gasteiger partial charge in [-0.3, -0.25) is 9.48 Å². The summed E-state index contributed by atoms with van der Waals surface area (Å²) in [5.41, 5.74) is 0.858. The standard InChI is InChI=1S/C9H11N3O2/c1-12-5-8(10-11-12)6-4-7(6)9(14)2-3-13/h3,5-7H,2,4H2,1H3. The fourth-order valence-corrected chi connectivity index (χ4v) is 1.65. The van der Waals surface area contributed by atoms with Gasteiger partial charge in [0.2, 0.25) is 0 Å². The molecular weight excluding hydrogens is 182 g/mol. The number of nitrogens with zero attached hydrogens (tertiary/aromatic N) is 3. The minimum atomic E-state index is -0.00287. The van der Waals surface area contributed by atoms with Gasteiger partial charge in [0.15, 0.2) is 0 Å². The van der Waals surface area contributed by atoms with Crippen LogP contribution >= 0.6 is 0 Å². The third kappa shape index (κ3) is 1.57. The van der Waals surface area contributed by atoms with Crippen molar-refractivity contribution in [3.63, 3.8) is 0 Å². The Kier molecular flexibility index (Phi) is 2.15. The second kappa shape index (κ2) is 3.32. The van der Waals surface area contributed by atoms with E-state index in [0.717, 1.165) is 12.1 Å². The summed E-state index contributed by atoms with van der Waals surface area (Å²) in [6, 6.07) is 0. The maximum Gasteiger partial charge on any atom is 0.143 e. The number of rotatable bonds is 4. The van der Waals surface area contributed by atoms with Crippen molar-refractivity contribution in [2.45, 2.75) is 18.8 Å². The summed E-state index contributed by atoms with van der Waals surface area (Å²) >= 11 is 0. The molecular formula is C9H11N3O2. The minimum Gasteiger partial charge on any atom is -0.303 e. The summed E-state index contributed by atoms with van der Waals surface area (Å²) in [4.78, 5) is 21.5. The van der Waals surface area contributed by atoms with Gasteiger partial charge >= 0.3 is 0 Å². The molecule has 1 aromatic rings. The van der Waals surface area contributed by atoms with Crippen LogP contribution in [0.4, 0.5) is 0 Å². The molecule has 14 heavy (non-hydrogen) atoms. The van der Waals surface area contributed by atoms with Gasteiger partial charge in [0, 0.05) is 25.1 Å². The van der Waals surface area contributed by atoms with Crippen LogP contribution in [-0.2, 0) is 16.6 Å². The lowest BCUT2D eigenvalue weighted by Gasteiger charge is -1.91. The van der Waals surface area contributed by atoms with Crippen LogP contribution in [0.3, 0.4) is 0 Å². The average Bonchev–Trinajstić information content (AvgIpc) is 2.84. The molecule has 5 nitrogen and oxygen atoms in total. The van der Waals surface area contributed by atoms with Crippen LogP contribution in [0, 0.1) is 5.92 Å². The first-order valence-electron chi connectivity index (χ1n) is 4.55. The molecule has 1 heterocycles. The van der Waals surface area contributed by atoms with Crippen LogP contribution in [0.25, 0.3) is 0 Å². The highest BCUT2D eigenvalue weighted by Crippen LogP contribution is 2.47. The molecule has 1 aliphatic carbocycles. The quantitative estimate of drug-likeness (QED) is 0.501. The van der Waals surface area contributed by atoms with E-state index < -0.39 is 0 Å². The number of carbonyl (C=O) groups is 2. The average molecular weight is 193 g/mol. The Morgan fingerprint density at radius 2 is 2.57 bits per heavy atom. The molecule has 1 saturated carbocycles. The summed E-state index contributed by atoms with van der Waals surface area (Å²) in [6.07, 6.45) is 3.32. The van der Waals surface area contributed by atoms with Crippen LogP contribution in [-0.4, -0.2) is 27.1 Å². The Balaban J connectivity index is 1.99. The Morgan fingerprint density at radius 1 is 1.79 bits per heavy atom. The van der Waals surface area contributed by atoms with E-state index in [2.05, 4.69) is 10.3 Å². The third-order valence-electron chi connectivity index (χ3n) is 2.49. The van der Waals surface area contributed by atoms with Crippen LogP contribution in [0.15, 0.2) is 6.20 Å². The third-order valence-corrected chi connectivity index (χ3v) is 2.49. The van der Waals surface area contributed by atoms with Crippen molar-refractivity contribution in [3.8, 4) is 0 Å². The van der Waals surface area contributed by atoms with Crippen molar-refractivity contribution < 1.29 is 9.59 Å². The van der Waals surface area contributed by atoms with Gasteiger partial charge < -0.3 is 4.79 Å². The van der Waals surface area contributed by atoms with Gasteiger partial charge in [0.05, 0.1) is 12.1 Å². The molecule has 0 saturated heterocycles. The first-order chi connectivity index (χ1) is 6.72.